The number of carbonyl (C=O) groups excluding carboxylic acids is 2. The predicted octanol–water partition coefficient (Wildman–Crippen LogP) is 4.05. The molecule has 0 bridgehead atoms. The Balaban J connectivity index is 1.80. The number of pyridine rings is 1. The lowest BCUT2D eigenvalue weighted by Gasteiger charge is -2.08. The van der Waals surface area contributed by atoms with Gasteiger partial charge in [-0.3, -0.25) is 9.59 Å². The Bertz CT molecular complexity index is 1020. The standard InChI is InChI=1S/C19H15F3N4O2/c1-11-16(18(28)25-15-6-3-13(4-7-15)12(2)27)10-24-26(11)17-8-5-14(9-23-17)19(20,21)22/h3-10H,1-2H3,(H,25,28). The minimum absolute atomic E-state index is 0.0842. The number of halogens is 3. The van der Waals surface area contributed by atoms with Gasteiger partial charge < -0.3 is 5.32 Å². The molecule has 0 fully saturated rings. The molecule has 0 aliphatic rings. The van der Waals surface area contributed by atoms with E-state index in [1.54, 1.807) is 31.2 Å². The first-order chi connectivity index (χ1) is 13.2. The minimum atomic E-state index is -4.48. The third-order valence-electron chi connectivity index (χ3n) is 4.10. The highest BCUT2D eigenvalue weighted by molar-refractivity contribution is 6.05. The maximum absolute atomic E-state index is 12.7. The molecule has 0 spiro atoms. The molecule has 3 aromatic rings. The number of benzene rings is 1. The highest BCUT2D eigenvalue weighted by Crippen LogP contribution is 2.28. The van der Waals surface area contributed by atoms with Crippen LogP contribution in [0.3, 0.4) is 0 Å². The van der Waals surface area contributed by atoms with E-state index in [1.807, 2.05) is 0 Å². The molecule has 0 radical (unpaired) electrons. The van der Waals surface area contributed by atoms with E-state index in [1.165, 1.54) is 23.9 Å². The van der Waals surface area contributed by atoms with E-state index in [-0.39, 0.29) is 17.2 Å². The summed E-state index contributed by atoms with van der Waals surface area (Å²) in [6, 6.07) is 8.49. The van der Waals surface area contributed by atoms with Crippen molar-refractivity contribution in [1.82, 2.24) is 14.8 Å². The number of alkyl halides is 3. The number of nitrogens with zero attached hydrogens (tertiary/aromatic N) is 3. The molecule has 0 aliphatic heterocycles. The molecule has 144 valence electrons. The van der Waals surface area contributed by atoms with Crippen LogP contribution in [-0.4, -0.2) is 26.5 Å². The fraction of sp³-hybridized carbons (Fsp3) is 0.158. The van der Waals surface area contributed by atoms with Crippen molar-refractivity contribution in [3.8, 4) is 5.82 Å². The summed E-state index contributed by atoms with van der Waals surface area (Å²) in [4.78, 5) is 27.6. The third kappa shape index (κ3) is 3.93. The number of Topliss-reactive ketones (excluding diaryl/α,β-unsaturated/α-hetero) is 1. The van der Waals surface area contributed by atoms with Gasteiger partial charge in [0.15, 0.2) is 11.6 Å². The normalized spacial score (nSPS) is 11.3. The van der Waals surface area contributed by atoms with E-state index in [2.05, 4.69) is 15.4 Å². The lowest BCUT2D eigenvalue weighted by Crippen LogP contribution is -2.13. The maximum Gasteiger partial charge on any atom is 0.417 e. The highest BCUT2D eigenvalue weighted by Gasteiger charge is 2.30. The van der Waals surface area contributed by atoms with E-state index < -0.39 is 17.6 Å². The van der Waals surface area contributed by atoms with Crippen molar-refractivity contribution in [3.63, 3.8) is 0 Å². The second kappa shape index (κ2) is 7.26. The molecule has 0 unspecified atom stereocenters. The molecule has 3 rings (SSSR count). The van der Waals surface area contributed by atoms with Gasteiger partial charge >= 0.3 is 6.18 Å². The van der Waals surface area contributed by atoms with E-state index in [4.69, 9.17) is 0 Å². The van der Waals surface area contributed by atoms with Gasteiger partial charge in [0.1, 0.15) is 0 Å². The van der Waals surface area contributed by atoms with Crippen LogP contribution in [0.25, 0.3) is 5.82 Å². The van der Waals surface area contributed by atoms with Crippen molar-refractivity contribution >= 4 is 17.4 Å². The second-order valence-corrected chi connectivity index (χ2v) is 6.05. The summed E-state index contributed by atoms with van der Waals surface area (Å²) in [5.74, 6) is -0.361. The Kier molecular flexibility index (Phi) is 5.00. The molecule has 28 heavy (non-hydrogen) atoms. The van der Waals surface area contributed by atoms with E-state index in [0.29, 0.717) is 23.1 Å². The molecule has 0 saturated carbocycles. The molecule has 1 amide bonds. The van der Waals surface area contributed by atoms with Crippen LogP contribution < -0.4 is 5.32 Å². The largest absolute Gasteiger partial charge is 0.417 e. The van der Waals surface area contributed by atoms with Gasteiger partial charge in [-0.15, -0.1) is 0 Å². The van der Waals surface area contributed by atoms with Crippen LogP contribution in [0.1, 0.15) is 38.9 Å². The average molecular weight is 388 g/mol. The molecule has 6 nitrogen and oxygen atoms in total. The van der Waals surface area contributed by atoms with Gasteiger partial charge in [0.05, 0.1) is 23.0 Å². The van der Waals surface area contributed by atoms with Crippen LogP contribution in [0.5, 0.6) is 0 Å². The molecule has 0 atom stereocenters. The first kappa shape index (κ1) is 19.3. The van der Waals surface area contributed by atoms with E-state index >= 15 is 0 Å². The monoisotopic (exact) mass is 388 g/mol. The predicted molar refractivity (Wildman–Crippen MR) is 95.5 cm³/mol. The van der Waals surface area contributed by atoms with Crippen molar-refractivity contribution in [1.29, 1.82) is 0 Å². The summed E-state index contributed by atoms with van der Waals surface area (Å²) < 4.78 is 39.2. The van der Waals surface area contributed by atoms with Gasteiger partial charge in [-0.25, -0.2) is 9.67 Å². The van der Waals surface area contributed by atoms with Gasteiger partial charge in [0.25, 0.3) is 5.91 Å². The molecule has 1 N–H and O–H groups in total. The first-order valence-electron chi connectivity index (χ1n) is 8.17. The zero-order valence-electron chi connectivity index (χ0n) is 14.9. The summed E-state index contributed by atoms with van der Waals surface area (Å²) >= 11 is 0. The Labute approximate surface area is 158 Å². The number of ketones is 1. The number of hydrogen-bond acceptors (Lipinski definition) is 4. The molecular formula is C19H15F3N4O2. The van der Waals surface area contributed by atoms with Gasteiger partial charge in [-0.1, -0.05) is 0 Å². The summed E-state index contributed by atoms with van der Waals surface area (Å²) in [6.07, 6.45) is -2.45. The van der Waals surface area contributed by atoms with Crippen molar-refractivity contribution < 1.29 is 22.8 Å². The zero-order chi connectivity index (χ0) is 20.5. The Morgan fingerprint density at radius 2 is 1.71 bits per heavy atom. The van der Waals surface area contributed by atoms with Crippen LogP contribution in [0, 0.1) is 6.92 Å². The van der Waals surface area contributed by atoms with Crippen LogP contribution in [0.2, 0.25) is 0 Å². The van der Waals surface area contributed by atoms with Crippen LogP contribution in [0.4, 0.5) is 18.9 Å². The smallest absolute Gasteiger partial charge is 0.322 e. The molecule has 2 aromatic heterocycles. The molecule has 9 heteroatoms. The van der Waals surface area contributed by atoms with Crippen LogP contribution in [0.15, 0.2) is 48.8 Å². The van der Waals surface area contributed by atoms with Gasteiger partial charge in [-0.05, 0) is 50.2 Å². The van der Waals surface area contributed by atoms with Crippen LogP contribution in [-0.2, 0) is 6.18 Å². The summed E-state index contributed by atoms with van der Waals surface area (Å²) in [5, 5.41) is 6.73. The van der Waals surface area contributed by atoms with Crippen molar-refractivity contribution in [2.75, 3.05) is 5.32 Å². The lowest BCUT2D eigenvalue weighted by atomic mass is 10.1. The molecular weight excluding hydrogens is 373 g/mol. The highest BCUT2D eigenvalue weighted by atomic mass is 19.4. The number of nitrogens with one attached hydrogen (secondary N) is 1. The fourth-order valence-electron chi connectivity index (χ4n) is 2.53. The number of carbonyl (C=O) groups is 2. The Morgan fingerprint density at radius 3 is 2.25 bits per heavy atom. The molecule has 2 heterocycles. The second-order valence-electron chi connectivity index (χ2n) is 6.05. The average Bonchev–Trinajstić information content (AvgIpc) is 3.03. The molecule has 1 aromatic carbocycles. The Morgan fingerprint density at radius 1 is 1.04 bits per heavy atom. The van der Waals surface area contributed by atoms with Gasteiger partial charge in [0.2, 0.25) is 0 Å². The minimum Gasteiger partial charge on any atom is -0.322 e. The summed E-state index contributed by atoms with van der Waals surface area (Å²) in [6.45, 7) is 3.06. The van der Waals surface area contributed by atoms with Crippen molar-refractivity contribution in [2.24, 2.45) is 0 Å². The van der Waals surface area contributed by atoms with Crippen molar-refractivity contribution in [3.05, 3.63) is 71.2 Å². The SMILES string of the molecule is CC(=O)c1ccc(NC(=O)c2cnn(-c3ccc(C(F)(F)F)cn3)c2C)cc1. The lowest BCUT2D eigenvalue weighted by molar-refractivity contribution is -0.137. The zero-order valence-corrected chi connectivity index (χ0v) is 14.9. The van der Waals surface area contributed by atoms with E-state index in [0.717, 1.165) is 6.07 Å². The number of anilines is 1. The third-order valence-corrected chi connectivity index (χ3v) is 4.10. The van der Waals surface area contributed by atoms with Gasteiger partial charge in [-0.2, -0.15) is 18.3 Å². The van der Waals surface area contributed by atoms with Gasteiger partial charge in [0, 0.05) is 17.4 Å². The molecule has 0 aliphatic carbocycles. The maximum atomic E-state index is 12.7. The van der Waals surface area contributed by atoms with Crippen LogP contribution >= 0.6 is 0 Å². The Hall–Kier alpha value is -3.49. The fourth-order valence-corrected chi connectivity index (χ4v) is 2.53. The summed E-state index contributed by atoms with van der Waals surface area (Å²) in [5.41, 5.74) is 0.820. The number of rotatable bonds is 4. The number of hydrogen-bond donors (Lipinski definition) is 1. The first-order valence-corrected chi connectivity index (χ1v) is 8.17. The number of aromatic nitrogens is 3. The quantitative estimate of drug-likeness (QED) is 0.684. The van der Waals surface area contributed by atoms with E-state index in [9.17, 15) is 22.8 Å². The summed E-state index contributed by atoms with van der Waals surface area (Å²) in [7, 11) is 0. The number of amides is 1. The topological polar surface area (TPSA) is 76.9 Å². The van der Waals surface area contributed by atoms with Crippen molar-refractivity contribution in [2.45, 2.75) is 20.0 Å². The molecule has 0 saturated heterocycles.